The van der Waals surface area contributed by atoms with Crippen LogP contribution in [0.4, 0.5) is 0 Å². The summed E-state index contributed by atoms with van der Waals surface area (Å²) >= 11 is 0. The predicted molar refractivity (Wildman–Crippen MR) is 60.7 cm³/mol. The number of rotatable bonds is 6. The maximum absolute atomic E-state index is 4.95. The van der Waals surface area contributed by atoms with Crippen molar-refractivity contribution in [3.63, 3.8) is 0 Å². The van der Waals surface area contributed by atoms with E-state index in [-0.39, 0.29) is 0 Å². The summed E-state index contributed by atoms with van der Waals surface area (Å²) in [6, 6.07) is 0. The first-order valence-corrected chi connectivity index (χ1v) is 5.21. The van der Waals surface area contributed by atoms with Crippen LogP contribution in [0, 0.1) is 5.92 Å². The molecule has 0 unspecified atom stereocenters. The van der Waals surface area contributed by atoms with Crippen molar-refractivity contribution in [2.75, 3.05) is 33.4 Å². The third-order valence-corrected chi connectivity index (χ3v) is 1.56. The van der Waals surface area contributed by atoms with Crippen molar-refractivity contribution in [3.05, 3.63) is 0 Å². The fourth-order valence-electron chi connectivity index (χ4n) is 0.887. The molecule has 0 aliphatic rings. The van der Waals surface area contributed by atoms with Gasteiger partial charge in [0.05, 0.1) is 6.61 Å². The zero-order chi connectivity index (χ0) is 10.8. The van der Waals surface area contributed by atoms with E-state index >= 15 is 0 Å². The molecular weight excluding hydrogens is 178 g/mol. The van der Waals surface area contributed by atoms with E-state index in [1.807, 2.05) is 0 Å². The van der Waals surface area contributed by atoms with E-state index in [9.17, 15) is 0 Å². The summed E-state index contributed by atoms with van der Waals surface area (Å²) in [6.07, 6.45) is 0. The third kappa shape index (κ3) is 7.86. The van der Waals surface area contributed by atoms with Crippen LogP contribution in [0.3, 0.4) is 0 Å². The summed E-state index contributed by atoms with van der Waals surface area (Å²) in [5, 5.41) is 6.37. The Morgan fingerprint density at radius 2 is 2.07 bits per heavy atom. The van der Waals surface area contributed by atoms with E-state index in [1.165, 1.54) is 0 Å². The molecule has 0 aliphatic heterocycles. The highest BCUT2D eigenvalue weighted by atomic mass is 16.5. The number of nitrogens with one attached hydrogen (secondary N) is 2. The minimum absolute atomic E-state index is 0.591. The average Bonchev–Trinajstić information content (AvgIpc) is 2.14. The lowest BCUT2D eigenvalue weighted by Crippen LogP contribution is -2.39. The number of guanidine groups is 1. The highest BCUT2D eigenvalue weighted by Crippen LogP contribution is 1.90. The first kappa shape index (κ1) is 13.2. The van der Waals surface area contributed by atoms with Gasteiger partial charge in [-0.2, -0.15) is 0 Å². The first-order valence-electron chi connectivity index (χ1n) is 5.21. The molecule has 2 N–H and O–H groups in total. The van der Waals surface area contributed by atoms with Crippen molar-refractivity contribution in [2.24, 2.45) is 10.9 Å². The smallest absolute Gasteiger partial charge is 0.191 e. The molecule has 0 spiro atoms. The molecule has 4 heteroatoms. The summed E-state index contributed by atoms with van der Waals surface area (Å²) in [5.41, 5.74) is 0. The Hall–Kier alpha value is -0.770. The van der Waals surface area contributed by atoms with Gasteiger partial charge in [-0.15, -0.1) is 0 Å². The maximum Gasteiger partial charge on any atom is 0.191 e. The molecule has 0 heterocycles. The van der Waals surface area contributed by atoms with E-state index in [1.54, 1.807) is 7.11 Å². The summed E-state index contributed by atoms with van der Waals surface area (Å²) in [6.45, 7) is 9.60. The fourth-order valence-corrected chi connectivity index (χ4v) is 0.887. The van der Waals surface area contributed by atoms with Crippen molar-refractivity contribution < 1.29 is 4.74 Å². The van der Waals surface area contributed by atoms with Crippen LogP contribution in [0.5, 0.6) is 0 Å². The second-order valence-corrected chi connectivity index (χ2v) is 3.53. The van der Waals surface area contributed by atoms with E-state index in [0.717, 1.165) is 25.6 Å². The topological polar surface area (TPSA) is 45.7 Å². The Balaban J connectivity index is 3.81. The molecule has 0 bridgehead atoms. The Bertz CT molecular complexity index is 157. The van der Waals surface area contributed by atoms with Crippen molar-refractivity contribution in [1.82, 2.24) is 10.6 Å². The summed E-state index contributed by atoms with van der Waals surface area (Å²) in [5.74, 6) is 1.46. The van der Waals surface area contributed by atoms with Crippen molar-refractivity contribution in [2.45, 2.75) is 20.8 Å². The van der Waals surface area contributed by atoms with Gasteiger partial charge in [-0.05, 0) is 12.8 Å². The van der Waals surface area contributed by atoms with E-state index in [4.69, 9.17) is 4.74 Å². The van der Waals surface area contributed by atoms with Crippen LogP contribution < -0.4 is 10.6 Å². The molecule has 0 aromatic rings. The highest BCUT2D eigenvalue weighted by molar-refractivity contribution is 5.79. The van der Waals surface area contributed by atoms with E-state index in [2.05, 4.69) is 36.4 Å². The number of hydrogen-bond donors (Lipinski definition) is 2. The zero-order valence-corrected chi connectivity index (χ0v) is 9.76. The molecule has 0 atom stereocenters. The Morgan fingerprint density at radius 3 is 2.57 bits per heavy atom. The largest absolute Gasteiger partial charge is 0.383 e. The van der Waals surface area contributed by atoms with Crippen LogP contribution in [0.15, 0.2) is 4.99 Å². The molecule has 0 fully saturated rings. The fraction of sp³-hybridized carbons (Fsp3) is 0.900. The maximum atomic E-state index is 4.95. The van der Waals surface area contributed by atoms with Gasteiger partial charge in [0.25, 0.3) is 0 Å². The van der Waals surface area contributed by atoms with Crippen molar-refractivity contribution >= 4 is 5.96 Å². The Labute approximate surface area is 87.1 Å². The Morgan fingerprint density at radius 1 is 1.36 bits per heavy atom. The van der Waals surface area contributed by atoms with E-state index in [0.29, 0.717) is 12.5 Å². The summed E-state index contributed by atoms with van der Waals surface area (Å²) < 4.78 is 4.95. The second-order valence-electron chi connectivity index (χ2n) is 3.53. The minimum Gasteiger partial charge on any atom is -0.383 e. The molecule has 14 heavy (non-hydrogen) atoms. The van der Waals surface area contributed by atoms with Crippen molar-refractivity contribution in [1.29, 1.82) is 0 Å². The third-order valence-electron chi connectivity index (χ3n) is 1.56. The molecule has 4 nitrogen and oxygen atoms in total. The van der Waals surface area contributed by atoms with Gasteiger partial charge < -0.3 is 15.4 Å². The second kappa shape index (κ2) is 8.81. The standard InChI is InChI=1S/C10H23N3O/c1-5-11-10(12-6-7-14-4)13-8-9(2)3/h9H,5-8H2,1-4H3,(H2,11,12,13). The number of nitrogens with zero attached hydrogens (tertiary/aromatic N) is 1. The number of aliphatic imine (C=N–C) groups is 1. The Kier molecular flexibility index (Phi) is 8.33. The molecule has 0 amide bonds. The monoisotopic (exact) mass is 201 g/mol. The van der Waals surface area contributed by atoms with Gasteiger partial charge in [-0.25, -0.2) is 0 Å². The van der Waals surface area contributed by atoms with Gasteiger partial charge in [0.2, 0.25) is 0 Å². The lowest BCUT2D eigenvalue weighted by atomic mass is 10.2. The minimum atomic E-state index is 0.591. The lowest BCUT2D eigenvalue weighted by molar-refractivity contribution is 0.203. The highest BCUT2D eigenvalue weighted by Gasteiger charge is 1.96. The van der Waals surface area contributed by atoms with Crippen LogP contribution in [0.2, 0.25) is 0 Å². The summed E-state index contributed by atoms with van der Waals surface area (Å²) in [4.78, 5) is 4.42. The molecular formula is C10H23N3O. The van der Waals surface area contributed by atoms with E-state index < -0.39 is 0 Å². The quantitative estimate of drug-likeness (QED) is 0.380. The van der Waals surface area contributed by atoms with Crippen LogP contribution >= 0.6 is 0 Å². The van der Waals surface area contributed by atoms with Gasteiger partial charge >= 0.3 is 0 Å². The van der Waals surface area contributed by atoms with Crippen molar-refractivity contribution in [3.8, 4) is 0 Å². The number of hydrogen-bond acceptors (Lipinski definition) is 2. The van der Waals surface area contributed by atoms with Crippen LogP contribution in [-0.2, 0) is 4.74 Å². The molecule has 0 rings (SSSR count). The molecule has 0 aromatic carbocycles. The molecule has 0 saturated carbocycles. The van der Waals surface area contributed by atoms with Gasteiger partial charge in [0.15, 0.2) is 5.96 Å². The van der Waals surface area contributed by atoms with Crippen LogP contribution in [0.1, 0.15) is 20.8 Å². The van der Waals surface area contributed by atoms with Crippen LogP contribution in [0.25, 0.3) is 0 Å². The molecule has 0 saturated heterocycles. The summed E-state index contributed by atoms with van der Waals surface area (Å²) in [7, 11) is 1.69. The van der Waals surface area contributed by atoms with Gasteiger partial charge in [0.1, 0.15) is 0 Å². The molecule has 0 radical (unpaired) electrons. The first-order chi connectivity index (χ1) is 6.70. The lowest BCUT2D eigenvalue weighted by Gasteiger charge is -2.11. The van der Waals surface area contributed by atoms with Gasteiger partial charge in [0, 0.05) is 26.7 Å². The number of ether oxygens (including phenoxy) is 1. The SMILES string of the molecule is CCNC(=NCC(C)C)NCCOC. The molecule has 84 valence electrons. The molecule has 0 aliphatic carbocycles. The predicted octanol–water partition coefficient (Wildman–Crippen LogP) is 0.844. The van der Waals surface area contributed by atoms with Gasteiger partial charge in [-0.1, -0.05) is 13.8 Å². The zero-order valence-electron chi connectivity index (χ0n) is 9.76. The average molecular weight is 201 g/mol. The normalized spacial score (nSPS) is 11.9. The van der Waals surface area contributed by atoms with Crippen LogP contribution in [-0.4, -0.2) is 39.3 Å². The molecule has 0 aromatic heterocycles. The number of methoxy groups -OCH3 is 1. The van der Waals surface area contributed by atoms with Gasteiger partial charge in [-0.3, -0.25) is 4.99 Å².